The van der Waals surface area contributed by atoms with Crippen LogP contribution in [0.3, 0.4) is 0 Å². The molecule has 3 N–H and O–H groups in total. The fraction of sp³-hybridized carbons (Fsp3) is 0.346. The summed E-state index contributed by atoms with van der Waals surface area (Å²) < 4.78 is 11.3. The van der Waals surface area contributed by atoms with Crippen LogP contribution in [0.25, 0.3) is 5.57 Å². The van der Waals surface area contributed by atoms with Crippen molar-refractivity contribution in [3.05, 3.63) is 65.5 Å². The monoisotopic (exact) mass is 473 g/mol. The number of likely N-dealkylation sites (N-methyl/N-ethyl adjacent to an activating group) is 1. The van der Waals surface area contributed by atoms with E-state index in [2.05, 4.69) is 44.3 Å². The van der Waals surface area contributed by atoms with Crippen LogP contribution in [0.15, 0.2) is 57.9 Å². The summed E-state index contributed by atoms with van der Waals surface area (Å²) in [6, 6.07) is 9.91. The van der Waals surface area contributed by atoms with Crippen molar-refractivity contribution in [1.82, 2.24) is 14.9 Å². The summed E-state index contributed by atoms with van der Waals surface area (Å²) >= 11 is 0. The number of hydrogen-bond acceptors (Lipinski definition) is 9. The van der Waals surface area contributed by atoms with Crippen LogP contribution in [-0.4, -0.2) is 68.0 Å². The van der Waals surface area contributed by atoms with Gasteiger partial charge in [-0.3, -0.25) is 4.99 Å². The van der Waals surface area contributed by atoms with Gasteiger partial charge in [-0.1, -0.05) is 0 Å². The summed E-state index contributed by atoms with van der Waals surface area (Å²) in [7, 11) is 5.57. The van der Waals surface area contributed by atoms with Crippen molar-refractivity contribution in [2.45, 2.75) is 12.8 Å². The Balaban J connectivity index is 1.44. The number of aromatic nitrogens is 2. The molecule has 2 aliphatic rings. The van der Waals surface area contributed by atoms with Gasteiger partial charge in [0, 0.05) is 62.4 Å². The van der Waals surface area contributed by atoms with E-state index in [9.17, 15) is 0 Å². The van der Waals surface area contributed by atoms with Gasteiger partial charge in [-0.15, -0.1) is 0 Å². The Morgan fingerprint density at radius 2 is 2.00 bits per heavy atom. The standard InChI is InChI=1S/C26H31N7O2/c1-28-25(21-5-4-14-35-21)23-19(27)8-6-17-16-29-26(31-24(17)23)30-20-9-7-18(15-22(20)34-3)33-12-10-32(2)11-13-33/h4-5,7,9,14-16H,6,8,10-13,27H2,1-3H3,(H,29,30,31). The smallest absolute Gasteiger partial charge is 0.227 e. The van der Waals surface area contributed by atoms with Gasteiger partial charge in [0.25, 0.3) is 0 Å². The normalized spacial score (nSPS) is 16.9. The fourth-order valence-electron chi connectivity index (χ4n) is 4.60. The molecule has 35 heavy (non-hydrogen) atoms. The van der Waals surface area contributed by atoms with Crippen LogP contribution >= 0.6 is 0 Å². The maximum absolute atomic E-state index is 6.47. The summed E-state index contributed by atoms with van der Waals surface area (Å²) in [6.45, 7) is 4.08. The molecule has 2 aromatic heterocycles. The molecule has 0 spiro atoms. The van der Waals surface area contributed by atoms with Crippen LogP contribution in [0.5, 0.6) is 5.75 Å². The molecule has 0 bridgehead atoms. The molecule has 182 valence electrons. The van der Waals surface area contributed by atoms with Crippen molar-refractivity contribution in [3.8, 4) is 5.75 Å². The lowest BCUT2D eigenvalue weighted by molar-refractivity contribution is 0.312. The lowest BCUT2D eigenvalue weighted by Crippen LogP contribution is -2.44. The lowest BCUT2D eigenvalue weighted by atomic mass is 9.90. The van der Waals surface area contributed by atoms with E-state index in [4.69, 9.17) is 19.9 Å². The summed E-state index contributed by atoms with van der Waals surface area (Å²) in [5.41, 5.74) is 12.5. The number of nitrogens with one attached hydrogen (secondary N) is 1. The predicted octanol–water partition coefficient (Wildman–Crippen LogP) is 3.31. The quantitative estimate of drug-likeness (QED) is 0.526. The van der Waals surface area contributed by atoms with Crippen LogP contribution in [0.4, 0.5) is 17.3 Å². The second kappa shape index (κ2) is 9.79. The largest absolute Gasteiger partial charge is 0.494 e. The third-order valence-corrected chi connectivity index (χ3v) is 6.60. The highest BCUT2D eigenvalue weighted by Gasteiger charge is 2.26. The molecule has 5 rings (SSSR count). The van der Waals surface area contributed by atoms with Gasteiger partial charge in [-0.2, -0.15) is 0 Å². The Bertz CT molecular complexity index is 1260. The van der Waals surface area contributed by atoms with E-state index in [1.807, 2.05) is 24.4 Å². The van der Waals surface area contributed by atoms with Gasteiger partial charge in [0.2, 0.25) is 5.95 Å². The van der Waals surface area contributed by atoms with Crippen molar-refractivity contribution in [3.63, 3.8) is 0 Å². The molecule has 0 radical (unpaired) electrons. The SMILES string of the molecule is CN=C(C1=C(N)CCc2cnc(Nc3ccc(N4CCN(C)CC4)cc3OC)nc21)c1ccco1. The van der Waals surface area contributed by atoms with E-state index in [1.165, 1.54) is 0 Å². The number of methoxy groups -OCH3 is 1. The number of anilines is 3. The minimum Gasteiger partial charge on any atom is -0.494 e. The van der Waals surface area contributed by atoms with Gasteiger partial charge in [-0.05, 0) is 49.7 Å². The van der Waals surface area contributed by atoms with Crippen molar-refractivity contribution < 1.29 is 9.15 Å². The Morgan fingerprint density at radius 3 is 2.71 bits per heavy atom. The first-order valence-corrected chi connectivity index (χ1v) is 11.8. The van der Waals surface area contributed by atoms with Crippen LogP contribution in [0.1, 0.15) is 23.4 Å². The zero-order valence-electron chi connectivity index (χ0n) is 20.4. The minimum absolute atomic E-state index is 0.469. The van der Waals surface area contributed by atoms with Gasteiger partial charge in [-0.25, -0.2) is 9.97 Å². The number of rotatable bonds is 6. The number of ether oxygens (including phenoxy) is 1. The second-order valence-corrected chi connectivity index (χ2v) is 8.82. The first-order chi connectivity index (χ1) is 17.1. The van der Waals surface area contributed by atoms with Gasteiger partial charge in [0.1, 0.15) is 11.5 Å². The Kier molecular flexibility index (Phi) is 6.41. The van der Waals surface area contributed by atoms with Crippen LogP contribution in [-0.2, 0) is 6.42 Å². The van der Waals surface area contributed by atoms with E-state index in [0.29, 0.717) is 17.4 Å². The third-order valence-electron chi connectivity index (χ3n) is 6.60. The molecular formula is C26H31N7O2. The van der Waals surface area contributed by atoms with Crippen molar-refractivity contribution >= 4 is 28.6 Å². The number of nitrogens with two attached hydrogens (primary N) is 1. The molecule has 1 aromatic carbocycles. The summed E-state index contributed by atoms with van der Waals surface area (Å²) in [5.74, 6) is 1.87. The summed E-state index contributed by atoms with van der Waals surface area (Å²) in [6.07, 6.45) is 4.99. The molecule has 1 aliphatic heterocycles. The lowest BCUT2D eigenvalue weighted by Gasteiger charge is -2.34. The average molecular weight is 474 g/mol. The molecule has 3 heterocycles. The molecule has 0 amide bonds. The number of allylic oxidation sites excluding steroid dienone is 2. The van der Waals surface area contributed by atoms with Crippen molar-refractivity contribution in [2.24, 2.45) is 10.7 Å². The Hall–Kier alpha value is -3.85. The highest BCUT2D eigenvalue weighted by molar-refractivity contribution is 6.31. The highest BCUT2D eigenvalue weighted by Crippen LogP contribution is 2.34. The first-order valence-electron chi connectivity index (χ1n) is 11.8. The maximum atomic E-state index is 6.47. The van der Waals surface area contributed by atoms with Gasteiger partial charge < -0.3 is 30.0 Å². The maximum Gasteiger partial charge on any atom is 0.227 e. The van der Waals surface area contributed by atoms with E-state index in [0.717, 1.165) is 78.7 Å². The zero-order chi connectivity index (χ0) is 24.4. The van der Waals surface area contributed by atoms with Gasteiger partial charge >= 0.3 is 0 Å². The van der Waals surface area contributed by atoms with Crippen LogP contribution < -0.4 is 20.7 Å². The van der Waals surface area contributed by atoms with Gasteiger partial charge in [0.15, 0.2) is 5.76 Å². The molecule has 0 saturated carbocycles. The van der Waals surface area contributed by atoms with Gasteiger partial charge in [0.05, 0.1) is 24.8 Å². The topological polar surface area (TPSA) is 105 Å². The first kappa shape index (κ1) is 22.9. The van der Waals surface area contributed by atoms with E-state index >= 15 is 0 Å². The highest BCUT2D eigenvalue weighted by atomic mass is 16.5. The molecule has 1 aliphatic carbocycles. The van der Waals surface area contributed by atoms with Crippen LogP contribution in [0, 0.1) is 0 Å². The molecule has 1 fully saturated rings. The molecule has 0 atom stereocenters. The molecule has 0 unspecified atom stereocenters. The van der Waals surface area contributed by atoms with E-state index in [-0.39, 0.29) is 0 Å². The Morgan fingerprint density at radius 1 is 1.17 bits per heavy atom. The summed E-state index contributed by atoms with van der Waals surface area (Å²) in [4.78, 5) is 18.6. The third kappa shape index (κ3) is 4.59. The predicted molar refractivity (Wildman–Crippen MR) is 139 cm³/mol. The second-order valence-electron chi connectivity index (χ2n) is 8.82. The van der Waals surface area contributed by atoms with E-state index in [1.54, 1.807) is 20.4 Å². The number of furan rings is 1. The fourth-order valence-corrected chi connectivity index (χ4v) is 4.60. The number of hydrogen-bond donors (Lipinski definition) is 2. The molecule has 9 heteroatoms. The van der Waals surface area contributed by atoms with E-state index < -0.39 is 0 Å². The number of nitrogens with zero attached hydrogens (tertiary/aromatic N) is 5. The molecule has 3 aromatic rings. The number of benzene rings is 1. The van der Waals surface area contributed by atoms with Crippen molar-refractivity contribution in [2.75, 3.05) is 57.6 Å². The Labute approximate surface area is 205 Å². The minimum atomic E-state index is 0.469. The van der Waals surface area contributed by atoms with Crippen molar-refractivity contribution in [1.29, 1.82) is 0 Å². The average Bonchev–Trinajstić information content (AvgIpc) is 3.41. The summed E-state index contributed by atoms with van der Waals surface area (Å²) in [5, 5.41) is 3.34. The molecule has 9 nitrogen and oxygen atoms in total. The zero-order valence-corrected chi connectivity index (χ0v) is 20.4. The number of fused-ring (bicyclic) bond motifs is 1. The molecule has 1 saturated heterocycles. The number of aliphatic imine (C=N–C) groups is 1. The number of piperazine rings is 1. The number of aryl methyl sites for hydroxylation is 1. The molecular weight excluding hydrogens is 442 g/mol. The van der Waals surface area contributed by atoms with Crippen LogP contribution in [0.2, 0.25) is 0 Å².